The van der Waals surface area contributed by atoms with E-state index in [-0.39, 0.29) is 24.0 Å². The highest BCUT2D eigenvalue weighted by Crippen LogP contribution is 2.28. The van der Waals surface area contributed by atoms with Crippen LogP contribution in [0.25, 0.3) is 0 Å². The molecule has 1 aliphatic heterocycles. The molecule has 0 radical (unpaired) electrons. The number of esters is 1. The van der Waals surface area contributed by atoms with Gasteiger partial charge in [-0.3, -0.25) is 10.1 Å². The minimum Gasteiger partial charge on any atom is -0.490 e. The monoisotopic (exact) mass is 249 g/mol. The molecule has 18 heavy (non-hydrogen) atoms. The van der Waals surface area contributed by atoms with E-state index in [2.05, 4.69) is 0 Å². The van der Waals surface area contributed by atoms with Crippen LogP contribution in [0.2, 0.25) is 0 Å². The van der Waals surface area contributed by atoms with Crippen LogP contribution in [0, 0.1) is 10.1 Å². The summed E-state index contributed by atoms with van der Waals surface area (Å²) in [6.07, 6.45) is 2.00. The maximum atomic E-state index is 11.3. The lowest BCUT2D eigenvalue weighted by Crippen LogP contribution is -2.03. The number of cyclic esters (lactones) is 1. The van der Waals surface area contributed by atoms with Gasteiger partial charge in [-0.1, -0.05) is 6.07 Å². The molecule has 1 aliphatic rings. The largest absolute Gasteiger partial charge is 0.490 e. The number of rotatable bonds is 4. The lowest BCUT2D eigenvalue weighted by Gasteiger charge is -2.04. The van der Waals surface area contributed by atoms with E-state index in [1.807, 2.05) is 0 Å². The molecule has 0 aliphatic carbocycles. The Morgan fingerprint density at radius 1 is 1.50 bits per heavy atom. The lowest BCUT2D eigenvalue weighted by atomic mass is 10.0. The SMILES string of the molecule is COc1ccc(CC2=CCOC2=O)cc1[N+](=O)[O-]. The topological polar surface area (TPSA) is 78.7 Å². The lowest BCUT2D eigenvalue weighted by molar-refractivity contribution is -0.385. The predicted molar refractivity (Wildman–Crippen MR) is 62.4 cm³/mol. The molecule has 6 nitrogen and oxygen atoms in total. The van der Waals surface area contributed by atoms with E-state index in [9.17, 15) is 14.9 Å². The van der Waals surface area contributed by atoms with Gasteiger partial charge in [-0.15, -0.1) is 0 Å². The van der Waals surface area contributed by atoms with Gasteiger partial charge in [0.05, 0.1) is 12.0 Å². The number of nitro groups is 1. The second-order valence-electron chi connectivity index (χ2n) is 3.77. The summed E-state index contributed by atoms with van der Waals surface area (Å²) in [5, 5.41) is 10.9. The van der Waals surface area contributed by atoms with Gasteiger partial charge in [0.2, 0.25) is 0 Å². The number of hydrogen-bond donors (Lipinski definition) is 0. The summed E-state index contributed by atoms with van der Waals surface area (Å²) >= 11 is 0. The fourth-order valence-electron chi connectivity index (χ4n) is 1.75. The van der Waals surface area contributed by atoms with Crippen LogP contribution in [0.4, 0.5) is 5.69 Å². The molecule has 0 spiro atoms. The maximum Gasteiger partial charge on any atom is 0.334 e. The number of nitro benzene ring substituents is 1. The van der Waals surface area contributed by atoms with Crippen LogP contribution >= 0.6 is 0 Å². The fraction of sp³-hybridized carbons (Fsp3) is 0.250. The van der Waals surface area contributed by atoms with Gasteiger partial charge in [-0.05, 0) is 17.7 Å². The van der Waals surface area contributed by atoms with E-state index in [0.29, 0.717) is 17.6 Å². The minimum absolute atomic E-state index is 0.109. The Labute approximate surface area is 103 Å². The van der Waals surface area contributed by atoms with E-state index in [1.54, 1.807) is 12.1 Å². The summed E-state index contributed by atoms with van der Waals surface area (Å²) in [5.74, 6) is -0.166. The van der Waals surface area contributed by atoms with E-state index in [1.165, 1.54) is 19.2 Å². The first-order valence-electron chi connectivity index (χ1n) is 5.29. The molecule has 0 atom stereocenters. The Balaban J connectivity index is 2.27. The fourth-order valence-corrected chi connectivity index (χ4v) is 1.75. The van der Waals surface area contributed by atoms with Crippen molar-refractivity contribution in [2.24, 2.45) is 0 Å². The summed E-state index contributed by atoms with van der Waals surface area (Å²) in [7, 11) is 1.37. The van der Waals surface area contributed by atoms with Crippen LogP contribution in [0.15, 0.2) is 29.8 Å². The second kappa shape index (κ2) is 4.87. The van der Waals surface area contributed by atoms with Gasteiger partial charge in [0.25, 0.3) is 0 Å². The third-order valence-electron chi connectivity index (χ3n) is 2.64. The highest BCUT2D eigenvalue weighted by Gasteiger charge is 2.20. The first-order chi connectivity index (χ1) is 8.61. The van der Waals surface area contributed by atoms with Crippen molar-refractivity contribution in [2.75, 3.05) is 13.7 Å². The summed E-state index contributed by atoms with van der Waals surface area (Å²) in [6, 6.07) is 4.62. The van der Waals surface area contributed by atoms with Crippen LogP contribution in [0.5, 0.6) is 5.75 Å². The van der Waals surface area contributed by atoms with Gasteiger partial charge in [-0.2, -0.15) is 0 Å². The first kappa shape index (κ1) is 12.1. The smallest absolute Gasteiger partial charge is 0.334 e. The summed E-state index contributed by atoms with van der Waals surface area (Å²) < 4.78 is 9.67. The summed E-state index contributed by atoms with van der Waals surface area (Å²) in [4.78, 5) is 21.6. The number of carbonyl (C=O) groups is 1. The van der Waals surface area contributed by atoms with Crippen molar-refractivity contribution >= 4 is 11.7 Å². The molecule has 1 aromatic carbocycles. The molecular weight excluding hydrogens is 238 g/mol. The van der Waals surface area contributed by atoms with Crippen molar-refractivity contribution in [1.29, 1.82) is 0 Å². The number of benzene rings is 1. The van der Waals surface area contributed by atoms with Crippen LogP contribution in [0.1, 0.15) is 5.56 Å². The molecule has 0 saturated heterocycles. The van der Waals surface area contributed by atoms with Gasteiger partial charge < -0.3 is 9.47 Å². The number of ether oxygens (including phenoxy) is 2. The number of hydrogen-bond acceptors (Lipinski definition) is 5. The molecule has 0 unspecified atom stereocenters. The van der Waals surface area contributed by atoms with Crippen molar-refractivity contribution in [2.45, 2.75) is 6.42 Å². The zero-order chi connectivity index (χ0) is 13.1. The van der Waals surface area contributed by atoms with Crippen molar-refractivity contribution < 1.29 is 19.2 Å². The summed E-state index contributed by atoms with van der Waals surface area (Å²) in [5.41, 5.74) is 1.09. The predicted octanol–water partition coefficient (Wildman–Crippen LogP) is 1.63. The van der Waals surface area contributed by atoms with Crippen molar-refractivity contribution in [3.63, 3.8) is 0 Å². The first-order valence-corrected chi connectivity index (χ1v) is 5.29. The molecule has 0 fully saturated rings. The molecule has 0 bridgehead atoms. The summed E-state index contributed by atoms with van der Waals surface area (Å²) in [6.45, 7) is 0.270. The Hall–Kier alpha value is -2.37. The Morgan fingerprint density at radius 3 is 2.83 bits per heavy atom. The molecule has 0 N–H and O–H groups in total. The van der Waals surface area contributed by atoms with Gasteiger partial charge in [0, 0.05) is 18.1 Å². The molecule has 2 rings (SSSR count). The van der Waals surface area contributed by atoms with Gasteiger partial charge in [0.1, 0.15) is 6.61 Å². The van der Waals surface area contributed by atoms with E-state index in [4.69, 9.17) is 9.47 Å². The normalized spacial score (nSPS) is 14.1. The van der Waals surface area contributed by atoms with E-state index < -0.39 is 4.92 Å². The molecule has 0 saturated carbocycles. The number of carbonyl (C=O) groups excluding carboxylic acids is 1. The highest BCUT2D eigenvalue weighted by atomic mass is 16.6. The Bertz CT molecular complexity index is 535. The van der Waals surface area contributed by atoms with Crippen molar-refractivity contribution in [1.82, 2.24) is 0 Å². The van der Waals surface area contributed by atoms with E-state index >= 15 is 0 Å². The second-order valence-corrected chi connectivity index (χ2v) is 3.77. The van der Waals surface area contributed by atoms with E-state index in [0.717, 1.165) is 0 Å². The zero-order valence-corrected chi connectivity index (χ0v) is 9.71. The quantitative estimate of drug-likeness (QED) is 0.460. The van der Waals surface area contributed by atoms with Gasteiger partial charge >= 0.3 is 11.7 Å². The molecule has 6 heteroatoms. The van der Waals surface area contributed by atoms with Crippen molar-refractivity contribution in [3.05, 3.63) is 45.5 Å². The van der Waals surface area contributed by atoms with Gasteiger partial charge in [-0.25, -0.2) is 4.79 Å². The minimum atomic E-state index is -0.510. The molecule has 0 amide bonds. The van der Waals surface area contributed by atoms with Crippen LogP contribution in [0.3, 0.4) is 0 Å². The standard InChI is InChI=1S/C12H11NO5/c1-17-11-3-2-8(7-10(11)13(15)16)6-9-4-5-18-12(9)14/h2-4,7H,5-6H2,1H3. The molecule has 94 valence electrons. The average molecular weight is 249 g/mol. The zero-order valence-electron chi connectivity index (χ0n) is 9.71. The molecular formula is C12H11NO5. The molecule has 1 aromatic rings. The molecule has 0 aromatic heterocycles. The van der Waals surface area contributed by atoms with Crippen LogP contribution < -0.4 is 4.74 Å². The van der Waals surface area contributed by atoms with Crippen LogP contribution in [-0.2, 0) is 16.0 Å². The Morgan fingerprint density at radius 2 is 2.28 bits per heavy atom. The third kappa shape index (κ3) is 2.32. The third-order valence-corrected chi connectivity index (χ3v) is 2.64. The van der Waals surface area contributed by atoms with Crippen LogP contribution in [-0.4, -0.2) is 24.6 Å². The Kier molecular flexibility index (Phi) is 3.27. The van der Waals surface area contributed by atoms with Crippen molar-refractivity contribution in [3.8, 4) is 5.75 Å². The van der Waals surface area contributed by atoms with Gasteiger partial charge in [0.15, 0.2) is 5.75 Å². The maximum absolute atomic E-state index is 11.3. The average Bonchev–Trinajstić information content (AvgIpc) is 2.75. The number of nitrogens with zero attached hydrogens (tertiary/aromatic N) is 1. The highest BCUT2D eigenvalue weighted by molar-refractivity contribution is 5.90. The molecule has 1 heterocycles. The number of methoxy groups -OCH3 is 1.